The first-order valence-electron chi connectivity index (χ1n) is 7.66. The molecule has 2 fully saturated rings. The Hall–Kier alpha value is -2.84. The van der Waals surface area contributed by atoms with Gasteiger partial charge in [-0.1, -0.05) is 0 Å². The number of halogens is 1. The van der Waals surface area contributed by atoms with E-state index < -0.39 is 23.6 Å². The number of hydrogen-bond acceptors (Lipinski definition) is 5. The fourth-order valence-electron chi connectivity index (χ4n) is 2.71. The zero-order valence-electron chi connectivity index (χ0n) is 12.5. The number of hydrogen-bond donors (Lipinski definition) is 2. The molecular formula is C15H14FN5O3. The van der Waals surface area contributed by atoms with Crippen LogP contribution in [0.4, 0.5) is 10.1 Å². The number of carboxylic acid groups (broad SMARTS) is 1. The van der Waals surface area contributed by atoms with Crippen LogP contribution in [0.3, 0.4) is 0 Å². The molecule has 124 valence electrons. The van der Waals surface area contributed by atoms with Crippen LogP contribution in [0.1, 0.15) is 31.0 Å². The highest BCUT2D eigenvalue weighted by molar-refractivity contribution is 5.98. The predicted octanol–water partition coefficient (Wildman–Crippen LogP) is 1.34. The number of carbonyl (C=O) groups is 2. The Labute approximate surface area is 135 Å². The molecule has 1 amide bonds. The highest BCUT2D eigenvalue weighted by Crippen LogP contribution is 2.40. The summed E-state index contributed by atoms with van der Waals surface area (Å²) >= 11 is 0. The number of nitrogens with one attached hydrogen (secondary N) is 1. The molecule has 24 heavy (non-hydrogen) atoms. The lowest BCUT2D eigenvalue weighted by Crippen LogP contribution is -2.17. The average Bonchev–Trinajstić information content (AvgIpc) is 3.46. The molecule has 0 bridgehead atoms. The number of carbonyl (C=O) groups excluding carboxylic acids is 1. The number of tetrazole rings is 1. The van der Waals surface area contributed by atoms with Crippen LogP contribution < -0.4 is 5.32 Å². The van der Waals surface area contributed by atoms with Crippen molar-refractivity contribution < 1.29 is 19.1 Å². The smallest absolute Gasteiger partial charge is 0.307 e. The molecule has 4 rings (SSSR count). The number of aromatic nitrogens is 4. The van der Waals surface area contributed by atoms with E-state index in [1.807, 2.05) is 0 Å². The molecule has 1 heterocycles. The van der Waals surface area contributed by atoms with E-state index in [2.05, 4.69) is 20.8 Å². The molecule has 0 radical (unpaired) electrons. The minimum absolute atomic E-state index is 0.158. The SMILES string of the molecule is O=C(O)[C@H]1C[C@H]1C(=O)Nc1ccc(F)c(-n2nnnc2C2CC2)c1. The molecule has 2 N–H and O–H groups in total. The van der Waals surface area contributed by atoms with Gasteiger partial charge in [0.05, 0.1) is 11.8 Å². The summed E-state index contributed by atoms with van der Waals surface area (Å²) in [5.41, 5.74) is 0.537. The highest BCUT2D eigenvalue weighted by Gasteiger charge is 2.48. The van der Waals surface area contributed by atoms with Crippen molar-refractivity contribution in [3.05, 3.63) is 29.8 Å². The Morgan fingerprint density at radius 3 is 2.75 bits per heavy atom. The molecule has 8 nitrogen and oxygen atoms in total. The summed E-state index contributed by atoms with van der Waals surface area (Å²) in [4.78, 5) is 22.9. The lowest BCUT2D eigenvalue weighted by atomic mass is 10.2. The summed E-state index contributed by atoms with van der Waals surface area (Å²) in [6.45, 7) is 0. The summed E-state index contributed by atoms with van der Waals surface area (Å²) in [6.07, 6.45) is 2.27. The monoisotopic (exact) mass is 331 g/mol. The van der Waals surface area contributed by atoms with Gasteiger partial charge in [0.15, 0.2) is 5.82 Å². The summed E-state index contributed by atoms with van der Waals surface area (Å²) in [5.74, 6) is -2.18. The van der Waals surface area contributed by atoms with Crippen molar-refractivity contribution in [2.75, 3.05) is 5.32 Å². The molecule has 9 heteroatoms. The summed E-state index contributed by atoms with van der Waals surface area (Å²) in [7, 11) is 0. The first kappa shape index (κ1) is 14.7. The van der Waals surface area contributed by atoms with Gasteiger partial charge < -0.3 is 10.4 Å². The van der Waals surface area contributed by atoms with Crippen molar-refractivity contribution >= 4 is 17.6 Å². The fourth-order valence-corrected chi connectivity index (χ4v) is 2.71. The van der Waals surface area contributed by atoms with Crippen LogP contribution in [-0.4, -0.2) is 37.2 Å². The second-order valence-electron chi connectivity index (χ2n) is 6.17. The third-order valence-corrected chi connectivity index (χ3v) is 4.32. The lowest BCUT2D eigenvalue weighted by Gasteiger charge is -2.09. The van der Waals surface area contributed by atoms with E-state index >= 15 is 0 Å². The van der Waals surface area contributed by atoms with Crippen LogP contribution in [0.2, 0.25) is 0 Å². The molecule has 2 aliphatic rings. The zero-order valence-corrected chi connectivity index (χ0v) is 12.5. The first-order chi connectivity index (χ1) is 11.5. The van der Waals surface area contributed by atoms with Crippen LogP contribution in [0.15, 0.2) is 18.2 Å². The van der Waals surface area contributed by atoms with Crippen LogP contribution >= 0.6 is 0 Å². The van der Waals surface area contributed by atoms with E-state index in [1.54, 1.807) is 0 Å². The maximum Gasteiger partial charge on any atom is 0.307 e. The standard InChI is InChI=1S/C15H14FN5O3/c16-11-4-3-8(17-14(22)9-6-10(9)15(23)24)5-12(11)21-13(7-1-2-7)18-19-20-21/h3-5,7,9-10H,1-2,6H2,(H,17,22)(H,23,24)/t9-,10+/m1/s1. The van der Waals surface area contributed by atoms with Gasteiger partial charge in [-0.15, -0.1) is 5.10 Å². The largest absolute Gasteiger partial charge is 0.481 e. The molecule has 2 aliphatic carbocycles. The molecule has 0 spiro atoms. The molecule has 1 aromatic carbocycles. The average molecular weight is 331 g/mol. The van der Waals surface area contributed by atoms with Crippen LogP contribution in [0.5, 0.6) is 0 Å². The molecule has 0 unspecified atom stereocenters. The number of nitrogens with zero attached hydrogens (tertiary/aromatic N) is 4. The van der Waals surface area contributed by atoms with E-state index in [0.717, 1.165) is 12.8 Å². The van der Waals surface area contributed by atoms with Crippen molar-refractivity contribution in [1.29, 1.82) is 0 Å². The summed E-state index contributed by atoms with van der Waals surface area (Å²) in [6, 6.07) is 4.11. The third-order valence-electron chi connectivity index (χ3n) is 4.32. The van der Waals surface area contributed by atoms with Gasteiger partial charge in [-0.2, -0.15) is 4.68 Å². The molecule has 1 aromatic heterocycles. The molecule has 2 aromatic rings. The molecule has 0 aliphatic heterocycles. The van der Waals surface area contributed by atoms with E-state index in [-0.39, 0.29) is 17.5 Å². The maximum atomic E-state index is 14.2. The molecule has 0 saturated heterocycles. The number of aliphatic carboxylic acids is 1. The third kappa shape index (κ3) is 2.61. The van der Waals surface area contributed by atoms with Crippen molar-refractivity contribution in [1.82, 2.24) is 20.2 Å². The van der Waals surface area contributed by atoms with Gasteiger partial charge in [0.1, 0.15) is 11.5 Å². The summed E-state index contributed by atoms with van der Waals surface area (Å²) < 4.78 is 15.5. The van der Waals surface area contributed by atoms with Crippen molar-refractivity contribution in [2.24, 2.45) is 11.8 Å². The van der Waals surface area contributed by atoms with Gasteiger partial charge in [0.25, 0.3) is 0 Å². The van der Waals surface area contributed by atoms with Gasteiger partial charge in [-0.05, 0) is 47.9 Å². The number of rotatable bonds is 5. The van der Waals surface area contributed by atoms with Gasteiger partial charge in [0.2, 0.25) is 5.91 Å². The Morgan fingerprint density at radius 2 is 2.08 bits per heavy atom. The highest BCUT2D eigenvalue weighted by atomic mass is 19.1. The first-order valence-corrected chi connectivity index (χ1v) is 7.66. The van der Waals surface area contributed by atoms with E-state index in [9.17, 15) is 14.0 Å². The maximum absolute atomic E-state index is 14.2. The molecule has 2 saturated carbocycles. The number of carboxylic acids is 1. The van der Waals surface area contributed by atoms with Crippen molar-refractivity contribution in [3.63, 3.8) is 0 Å². The van der Waals surface area contributed by atoms with Crippen LogP contribution in [-0.2, 0) is 9.59 Å². The van der Waals surface area contributed by atoms with Gasteiger partial charge in [0, 0.05) is 11.6 Å². The second kappa shape index (κ2) is 5.36. The molecular weight excluding hydrogens is 317 g/mol. The second-order valence-corrected chi connectivity index (χ2v) is 6.17. The van der Waals surface area contributed by atoms with E-state index in [0.29, 0.717) is 17.9 Å². The van der Waals surface area contributed by atoms with Crippen LogP contribution in [0, 0.1) is 17.7 Å². The van der Waals surface area contributed by atoms with Crippen molar-refractivity contribution in [2.45, 2.75) is 25.2 Å². The van der Waals surface area contributed by atoms with Gasteiger partial charge in [-0.3, -0.25) is 9.59 Å². The van der Waals surface area contributed by atoms with Gasteiger partial charge >= 0.3 is 5.97 Å². The Bertz CT molecular complexity index is 832. The number of benzene rings is 1. The minimum Gasteiger partial charge on any atom is -0.481 e. The summed E-state index contributed by atoms with van der Waals surface area (Å²) in [5, 5.41) is 22.9. The quantitative estimate of drug-likeness (QED) is 0.855. The van der Waals surface area contributed by atoms with Gasteiger partial charge in [-0.25, -0.2) is 4.39 Å². The number of anilines is 1. The topological polar surface area (TPSA) is 110 Å². The zero-order chi connectivity index (χ0) is 16.8. The fraction of sp³-hybridized carbons (Fsp3) is 0.400. The van der Waals surface area contributed by atoms with E-state index in [4.69, 9.17) is 5.11 Å². The Morgan fingerprint density at radius 1 is 1.29 bits per heavy atom. The number of amides is 1. The molecule has 2 atom stereocenters. The lowest BCUT2D eigenvalue weighted by molar-refractivity contribution is -0.139. The minimum atomic E-state index is -0.974. The Kier molecular flexibility index (Phi) is 3.29. The van der Waals surface area contributed by atoms with Crippen molar-refractivity contribution in [3.8, 4) is 5.69 Å². The Balaban J connectivity index is 1.56. The van der Waals surface area contributed by atoms with Crippen LogP contribution in [0.25, 0.3) is 5.69 Å². The normalized spacial score (nSPS) is 22.2. The predicted molar refractivity (Wildman–Crippen MR) is 78.9 cm³/mol. The van der Waals surface area contributed by atoms with E-state index in [1.165, 1.54) is 22.9 Å².